The number of nitrogens with zero attached hydrogens (tertiary/aromatic N) is 4. The van der Waals surface area contributed by atoms with Gasteiger partial charge < -0.3 is 4.90 Å². The third kappa shape index (κ3) is 4.50. The van der Waals surface area contributed by atoms with Crippen molar-refractivity contribution in [3.8, 4) is 0 Å². The van der Waals surface area contributed by atoms with Gasteiger partial charge >= 0.3 is 0 Å². The molecule has 1 aromatic rings. The van der Waals surface area contributed by atoms with Crippen molar-refractivity contribution < 1.29 is 4.79 Å². The highest BCUT2D eigenvalue weighted by Crippen LogP contribution is 2.38. The second-order valence-corrected chi connectivity index (χ2v) is 10.2. The van der Waals surface area contributed by atoms with Crippen molar-refractivity contribution in [1.82, 2.24) is 14.9 Å². The molecule has 5 nitrogen and oxygen atoms in total. The molecule has 29 heavy (non-hydrogen) atoms. The SMILES string of the molecule is CC(C)C(=O)C[C@H]1CC[C@H](c2cnc(N3C4CCC3CN(C(C)C)C4)nc2)CC1. The van der Waals surface area contributed by atoms with Crippen LogP contribution in [0.3, 0.4) is 0 Å². The molecular weight excluding hydrogens is 360 g/mol. The van der Waals surface area contributed by atoms with E-state index in [2.05, 4.69) is 36.0 Å². The number of ketones is 1. The lowest BCUT2D eigenvalue weighted by molar-refractivity contribution is -0.123. The smallest absolute Gasteiger partial charge is 0.225 e. The molecule has 1 saturated carbocycles. The van der Waals surface area contributed by atoms with E-state index in [1.165, 1.54) is 18.4 Å². The number of Topliss-reactive ketones (excluding diaryl/α,β-unsaturated/α-hetero) is 1. The summed E-state index contributed by atoms with van der Waals surface area (Å²) in [5.41, 5.74) is 1.29. The first-order valence-electron chi connectivity index (χ1n) is 11.8. The standard InChI is InChI=1S/C24H38N4O/c1-16(2)23(29)11-18-5-7-19(8-6-18)20-12-25-24(26-13-20)28-21-9-10-22(28)15-27(14-21)17(3)4/h12-13,16-19,21-22H,5-11,14-15H2,1-4H3/t18-,19-,21?,22?. The van der Waals surface area contributed by atoms with Crippen LogP contribution < -0.4 is 4.90 Å². The van der Waals surface area contributed by atoms with Gasteiger partial charge in [0.1, 0.15) is 5.78 Å². The molecule has 3 heterocycles. The predicted octanol–water partition coefficient (Wildman–Crippen LogP) is 4.43. The van der Waals surface area contributed by atoms with Crippen molar-refractivity contribution >= 4 is 11.7 Å². The highest BCUT2D eigenvalue weighted by molar-refractivity contribution is 5.80. The van der Waals surface area contributed by atoms with Gasteiger partial charge in [0.05, 0.1) is 0 Å². The maximum atomic E-state index is 12.0. The topological polar surface area (TPSA) is 49.3 Å². The molecule has 2 bridgehead atoms. The minimum absolute atomic E-state index is 0.173. The summed E-state index contributed by atoms with van der Waals surface area (Å²) in [6.45, 7) is 10.9. The zero-order chi connectivity index (χ0) is 20.5. The molecule has 1 aliphatic carbocycles. The number of hydrogen-bond donors (Lipinski definition) is 0. The highest BCUT2D eigenvalue weighted by Gasteiger charge is 2.41. The normalized spacial score (nSPS) is 30.3. The van der Waals surface area contributed by atoms with Crippen LogP contribution in [0.4, 0.5) is 5.95 Å². The molecule has 3 fully saturated rings. The number of aromatic nitrogens is 2. The van der Waals surface area contributed by atoms with E-state index in [4.69, 9.17) is 9.97 Å². The van der Waals surface area contributed by atoms with Gasteiger partial charge in [0.2, 0.25) is 5.95 Å². The molecule has 0 spiro atoms. The summed E-state index contributed by atoms with van der Waals surface area (Å²) in [6, 6.07) is 1.75. The maximum absolute atomic E-state index is 12.0. The van der Waals surface area contributed by atoms with Crippen molar-refractivity contribution in [2.75, 3.05) is 18.0 Å². The van der Waals surface area contributed by atoms with Crippen LogP contribution >= 0.6 is 0 Å². The van der Waals surface area contributed by atoms with Crippen LogP contribution in [0, 0.1) is 11.8 Å². The fourth-order valence-corrected chi connectivity index (χ4v) is 5.58. The number of fused-ring (bicyclic) bond motifs is 2. The van der Waals surface area contributed by atoms with Gasteiger partial charge in [0.25, 0.3) is 0 Å². The number of carbonyl (C=O) groups is 1. The largest absolute Gasteiger partial charge is 0.332 e. The molecule has 0 N–H and O–H groups in total. The Morgan fingerprint density at radius 3 is 2.07 bits per heavy atom. The Morgan fingerprint density at radius 1 is 0.966 bits per heavy atom. The van der Waals surface area contributed by atoms with Gasteiger partial charge in [-0.05, 0) is 69.8 Å². The Balaban J connectivity index is 1.34. The van der Waals surface area contributed by atoms with E-state index in [1.54, 1.807) is 0 Å². The summed E-state index contributed by atoms with van der Waals surface area (Å²) in [7, 11) is 0. The Kier molecular flexibility index (Phi) is 6.24. The second-order valence-electron chi connectivity index (χ2n) is 10.2. The number of rotatable bonds is 6. The number of anilines is 1. The van der Waals surface area contributed by atoms with E-state index in [1.807, 2.05) is 13.8 Å². The molecule has 2 saturated heterocycles. The lowest BCUT2D eigenvalue weighted by atomic mass is 9.77. The summed E-state index contributed by atoms with van der Waals surface area (Å²) < 4.78 is 0. The van der Waals surface area contributed by atoms with E-state index in [9.17, 15) is 4.79 Å². The van der Waals surface area contributed by atoms with Crippen molar-refractivity contribution in [3.63, 3.8) is 0 Å². The number of piperazine rings is 1. The highest BCUT2D eigenvalue weighted by atomic mass is 16.1. The summed E-state index contributed by atoms with van der Waals surface area (Å²) in [6.07, 6.45) is 12.1. The third-order valence-electron chi connectivity index (χ3n) is 7.58. The van der Waals surface area contributed by atoms with Gasteiger partial charge in [-0.3, -0.25) is 9.69 Å². The summed E-state index contributed by atoms with van der Waals surface area (Å²) >= 11 is 0. The average molecular weight is 399 g/mol. The van der Waals surface area contributed by atoms with E-state index in [0.717, 1.165) is 51.1 Å². The van der Waals surface area contributed by atoms with Crippen molar-refractivity contribution in [2.24, 2.45) is 11.8 Å². The molecule has 160 valence electrons. The van der Waals surface area contributed by atoms with Gasteiger partial charge in [0, 0.05) is 55.9 Å². The van der Waals surface area contributed by atoms with Crippen LogP contribution in [-0.2, 0) is 4.79 Å². The van der Waals surface area contributed by atoms with Crippen molar-refractivity contribution in [2.45, 2.75) is 96.7 Å². The van der Waals surface area contributed by atoms with Gasteiger partial charge in [0.15, 0.2) is 0 Å². The average Bonchev–Trinajstić information content (AvgIpc) is 2.97. The molecule has 2 atom stereocenters. The molecule has 4 rings (SSSR count). The molecule has 2 aliphatic heterocycles. The Morgan fingerprint density at radius 2 is 1.55 bits per heavy atom. The fourth-order valence-electron chi connectivity index (χ4n) is 5.58. The molecule has 2 unspecified atom stereocenters. The lowest BCUT2D eigenvalue weighted by Crippen LogP contribution is -2.56. The molecular formula is C24H38N4O. The van der Waals surface area contributed by atoms with E-state index in [-0.39, 0.29) is 5.92 Å². The first-order valence-corrected chi connectivity index (χ1v) is 11.8. The van der Waals surface area contributed by atoms with Crippen LogP contribution in [0.2, 0.25) is 0 Å². The first-order chi connectivity index (χ1) is 13.9. The van der Waals surface area contributed by atoms with Crippen LogP contribution in [0.25, 0.3) is 0 Å². The first kappa shape index (κ1) is 20.8. The summed E-state index contributed by atoms with van der Waals surface area (Å²) in [5.74, 6) is 2.67. The molecule has 1 aromatic heterocycles. The minimum atomic E-state index is 0.173. The van der Waals surface area contributed by atoms with Gasteiger partial charge in [-0.15, -0.1) is 0 Å². The van der Waals surface area contributed by atoms with Crippen LogP contribution in [0.5, 0.6) is 0 Å². The van der Waals surface area contributed by atoms with Crippen LogP contribution in [0.1, 0.15) is 84.1 Å². The number of hydrogen-bond acceptors (Lipinski definition) is 5. The van der Waals surface area contributed by atoms with Gasteiger partial charge in [-0.25, -0.2) is 9.97 Å². The Bertz CT molecular complexity index is 679. The fraction of sp³-hybridized carbons (Fsp3) is 0.792. The zero-order valence-corrected chi connectivity index (χ0v) is 18.7. The lowest BCUT2D eigenvalue weighted by Gasteiger charge is -2.42. The number of carbonyl (C=O) groups excluding carboxylic acids is 1. The Labute approximate surface area is 176 Å². The summed E-state index contributed by atoms with van der Waals surface area (Å²) in [5, 5.41) is 0. The van der Waals surface area contributed by atoms with Crippen molar-refractivity contribution in [1.29, 1.82) is 0 Å². The molecule has 0 radical (unpaired) electrons. The van der Waals surface area contributed by atoms with E-state index >= 15 is 0 Å². The van der Waals surface area contributed by atoms with Crippen molar-refractivity contribution in [3.05, 3.63) is 18.0 Å². The van der Waals surface area contributed by atoms with Crippen LogP contribution in [-0.4, -0.2) is 51.9 Å². The Hall–Kier alpha value is -1.49. The molecule has 0 aromatic carbocycles. The third-order valence-corrected chi connectivity index (χ3v) is 7.58. The monoisotopic (exact) mass is 398 g/mol. The molecule has 5 heteroatoms. The van der Waals surface area contributed by atoms with Crippen LogP contribution in [0.15, 0.2) is 12.4 Å². The van der Waals surface area contributed by atoms with Gasteiger partial charge in [-0.1, -0.05) is 13.8 Å². The predicted molar refractivity (Wildman–Crippen MR) is 117 cm³/mol. The second kappa shape index (κ2) is 8.71. The van der Waals surface area contributed by atoms with E-state index < -0.39 is 0 Å². The quantitative estimate of drug-likeness (QED) is 0.710. The van der Waals surface area contributed by atoms with E-state index in [0.29, 0.717) is 35.7 Å². The van der Waals surface area contributed by atoms with Gasteiger partial charge in [-0.2, -0.15) is 0 Å². The summed E-state index contributed by atoms with van der Waals surface area (Å²) in [4.78, 5) is 26.8. The zero-order valence-electron chi connectivity index (χ0n) is 18.7. The maximum Gasteiger partial charge on any atom is 0.225 e. The molecule has 0 amide bonds. The number of likely N-dealkylation sites (tertiary alicyclic amines) is 1. The molecule has 3 aliphatic rings. The minimum Gasteiger partial charge on any atom is -0.332 e.